The number of hydrogen-bond acceptors (Lipinski definition) is 3. The van der Waals surface area contributed by atoms with Gasteiger partial charge in [0.05, 0.1) is 0 Å². The zero-order chi connectivity index (χ0) is 10.6. The van der Waals surface area contributed by atoms with Crippen molar-refractivity contribution in [2.75, 3.05) is 39.8 Å². The third-order valence-electron chi connectivity index (χ3n) is 3.44. The number of nitrogens with two attached hydrogens (primary N) is 1. The highest BCUT2D eigenvalue weighted by Crippen LogP contribution is 2.08. The minimum Gasteiger partial charge on any atom is -0.326 e. The van der Waals surface area contributed by atoms with Gasteiger partial charge in [0.2, 0.25) is 0 Å². The van der Waals surface area contributed by atoms with E-state index in [1.807, 2.05) is 0 Å². The second kappa shape index (κ2) is 5.69. The van der Waals surface area contributed by atoms with Gasteiger partial charge in [-0.3, -0.25) is 4.90 Å². The van der Waals surface area contributed by atoms with E-state index in [4.69, 9.17) is 5.73 Å². The van der Waals surface area contributed by atoms with Crippen LogP contribution in [0, 0.1) is 5.92 Å². The van der Waals surface area contributed by atoms with Gasteiger partial charge in [-0.25, -0.2) is 0 Å². The summed E-state index contributed by atoms with van der Waals surface area (Å²) in [6, 6.07) is 0.350. The van der Waals surface area contributed by atoms with E-state index in [-0.39, 0.29) is 0 Å². The monoisotopic (exact) mass is 199 g/mol. The first-order valence-corrected chi connectivity index (χ1v) is 5.80. The SMILES string of the molecule is CC[C@H](C)[C@@H](N)CN1CCN(C)CC1. The second-order valence-corrected chi connectivity index (χ2v) is 4.65. The van der Waals surface area contributed by atoms with Crippen molar-refractivity contribution in [2.45, 2.75) is 26.3 Å². The Bertz CT molecular complexity index is 153. The van der Waals surface area contributed by atoms with Crippen molar-refractivity contribution in [3.63, 3.8) is 0 Å². The molecule has 1 fully saturated rings. The van der Waals surface area contributed by atoms with Gasteiger partial charge in [-0.1, -0.05) is 20.3 Å². The second-order valence-electron chi connectivity index (χ2n) is 4.65. The molecule has 0 spiro atoms. The number of likely N-dealkylation sites (N-methyl/N-ethyl adjacent to an activating group) is 1. The lowest BCUT2D eigenvalue weighted by Gasteiger charge is -2.35. The Kier molecular flexibility index (Phi) is 4.85. The molecule has 1 aliphatic heterocycles. The molecule has 3 nitrogen and oxygen atoms in total. The molecule has 0 aromatic carbocycles. The summed E-state index contributed by atoms with van der Waals surface area (Å²) in [5.74, 6) is 0.648. The van der Waals surface area contributed by atoms with Gasteiger partial charge < -0.3 is 10.6 Å². The lowest BCUT2D eigenvalue weighted by Crippen LogP contribution is -2.49. The highest BCUT2D eigenvalue weighted by atomic mass is 15.2. The van der Waals surface area contributed by atoms with Crippen molar-refractivity contribution >= 4 is 0 Å². The summed E-state index contributed by atoms with van der Waals surface area (Å²) in [7, 11) is 2.19. The zero-order valence-corrected chi connectivity index (χ0v) is 9.87. The van der Waals surface area contributed by atoms with Gasteiger partial charge in [0.25, 0.3) is 0 Å². The van der Waals surface area contributed by atoms with Gasteiger partial charge >= 0.3 is 0 Å². The van der Waals surface area contributed by atoms with Crippen LogP contribution in [0.3, 0.4) is 0 Å². The molecule has 0 saturated carbocycles. The average Bonchev–Trinajstić information content (AvgIpc) is 2.20. The molecule has 2 N–H and O–H groups in total. The first-order valence-electron chi connectivity index (χ1n) is 5.80. The third kappa shape index (κ3) is 3.56. The number of nitrogens with zero attached hydrogens (tertiary/aromatic N) is 2. The predicted molar refractivity (Wildman–Crippen MR) is 61.4 cm³/mol. The Hall–Kier alpha value is -0.120. The molecule has 14 heavy (non-hydrogen) atoms. The molecule has 1 heterocycles. The van der Waals surface area contributed by atoms with Crippen LogP contribution in [0.5, 0.6) is 0 Å². The van der Waals surface area contributed by atoms with Gasteiger partial charge in [-0.05, 0) is 13.0 Å². The molecule has 1 saturated heterocycles. The molecule has 0 aliphatic carbocycles. The summed E-state index contributed by atoms with van der Waals surface area (Å²) in [6.07, 6.45) is 1.19. The maximum Gasteiger partial charge on any atom is 0.0193 e. The molecule has 2 atom stereocenters. The Labute approximate surface area is 88.2 Å². The minimum absolute atomic E-state index is 0.350. The third-order valence-corrected chi connectivity index (χ3v) is 3.44. The average molecular weight is 199 g/mol. The fraction of sp³-hybridized carbons (Fsp3) is 1.00. The molecule has 0 aromatic heterocycles. The molecule has 0 bridgehead atoms. The molecular weight excluding hydrogens is 174 g/mol. The van der Waals surface area contributed by atoms with Crippen molar-refractivity contribution < 1.29 is 0 Å². The highest BCUT2D eigenvalue weighted by molar-refractivity contribution is 4.76. The predicted octanol–water partition coefficient (Wildman–Crippen LogP) is 0.607. The first kappa shape index (κ1) is 12.0. The van der Waals surface area contributed by atoms with E-state index in [0.717, 1.165) is 6.54 Å². The van der Waals surface area contributed by atoms with Crippen LogP contribution in [-0.2, 0) is 0 Å². The summed E-state index contributed by atoms with van der Waals surface area (Å²) in [5.41, 5.74) is 6.14. The van der Waals surface area contributed by atoms with Gasteiger partial charge in [0, 0.05) is 38.8 Å². The van der Waals surface area contributed by atoms with Crippen molar-refractivity contribution in [1.29, 1.82) is 0 Å². The van der Waals surface area contributed by atoms with Gasteiger partial charge in [-0.2, -0.15) is 0 Å². The van der Waals surface area contributed by atoms with E-state index in [9.17, 15) is 0 Å². The largest absolute Gasteiger partial charge is 0.326 e. The fourth-order valence-corrected chi connectivity index (χ4v) is 1.81. The molecule has 84 valence electrons. The topological polar surface area (TPSA) is 32.5 Å². The molecular formula is C11H25N3. The van der Waals surface area contributed by atoms with E-state index in [2.05, 4.69) is 30.7 Å². The lowest BCUT2D eigenvalue weighted by molar-refractivity contribution is 0.139. The summed E-state index contributed by atoms with van der Waals surface area (Å²) in [6.45, 7) is 10.3. The molecule has 0 aromatic rings. The van der Waals surface area contributed by atoms with Crippen LogP contribution in [0.4, 0.5) is 0 Å². The first-order chi connectivity index (χ1) is 6.63. The van der Waals surface area contributed by atoms with E-state index < -0.39 is 0 Å². The molecule has 1 rings (SSSR count). The molecule has 1 aliphatic rings. The zero-order valence-electron chi connectivity index (χ0n) is 9.87. The van der Waals surface area contributed by atoms with Crippen LogP contribution in [0.1, 0.15) is 20.3 Å². The lowest BCUT2D eigenvalue weighted by atomic mass is 9.99. The summed E-state index contributed by atoms with van der Waals surface area (Å²) >= 11 is 0. The van der Waals surface area contributed by atoms with Crippen molar-refractivity contribution in [1.82, 2.24) is 9.80 Å². The van der Waals surface area contributed by atoms with Crippen LogP contribution in [0.2, 0.25) is 0 Å². The van der Waals surface area contributed by atoms with Crippen molar-refractivity contribution in [3.05, 3.63) is 0 Å². The van der Waals surface area contributed by atoms with Gasteiger partial charge in [0.1, 0.15) is 0 Å². The van der Waals surface area contributed by atoms with Crippen LogP contribution in [-0.4, -0.2) is 55.6 Å². The smallest absolute Gasteiger partial charge is 0.0193 e. The van der Waals surface area contributed by atoms with Crippen LogP contribution in [0.15, 0.2) is 0 Å². The molecule has 0 unspecified atom stereocenters. The summed E-state index contributed by atoms with van der Waals surface area (Å²) < 4.78 is 0. The number of hydrogen-bond donors (Lipinski definition) is 1. The van der Waals surface area contributed by atoms with E-state index >= 15 is 0 Å². The van der Waals surface area contributed by atoms with Crippen LogP contribution >= 0.6 is 0 Å². The molecule has 0 radical (unpaired) electrons. The summed E-state index contributed by atoms with van der Waals surface area (Å²) in [5, 5.41) is 0. The number of piperazine rings is 1. The van der Waals surface area contributed by atoms with Crippen LogP contribution in [0.25, 0.3) is 0 Å². The summed E-state index contributed by atoms with van der Waals surface area (Å²) in [4.78, 5) is 4.88. The maximum absolute atomic E-state index is 6.14. The Morgan fingerprint density at radius 3 is 2.29 bits per heavy atom. The van der Waals surface area contributed by atoms with Gasteiger partial charge in [0.15, 0.2) is 0 Å². The maximum atomic E-state index is 6.14. The Balaban J connectivity index is 2.23. The van der Waals surface area contributed by atoms with Gasteiger partial charge in [-0.15, -0.1) is 0 Å². The van der Waals surface area contributed by atoms with E-state index in [0.29, 0.717) is 12.0 Å². The molecule has 0 amide bonds. The van der Waals surface area contributed by atoms with E-state index in [1.54, 1.807) is 0 Å². The standard InChI is InChI=1S/C11H25N3/c1-4-10(2)11(12)9-14-7-5-13(3)6-8-14/h10-11H,4-9,12H2,1-3H3/t10-,11-/m0/s1. The number of rotatable bonds is 4. The highest BCUT2D eigenvalue weighted by Gasteiger charge is 2.18. The van der Waals surface area contributed by atoms with E-state index in [1.165, 1.54) is 32.6 Å². The minimum atomic E-state index is 0.350. The van der Waals surface area contributed by atoms with Crippen molar-refractivity contribution in [2.24, 2.45) is 11.7 Å². The fourth-order valence-electron chi connectivity index (χ4n) is 1.81. The quantitative estimate of drug-likeness (QED) is 0.720. The normalized spacial score (nSPS) is 24.9. The van der Waals surface area contributed by atoms with Crippen LogP contribution < -0.4 is 5.73 Å². The van der Waals surface area contributed by atoms with Crippen molar-refractivity contribution in [3.8, 4) is 0 Å². The Morgan fingerprint density at radius 2 is 1.79 bits per heavy atom. The Morgan fingerprint density at radius 1 is 1.21 bits per heavy atom. The molecule has 3 heteroatoms.